The zero-order valence-electron chi connectivity index (χ0n) is 11.5. The number of anilines is 1. The van der Waals surface area contributed by atoms with Crippen LogP contribution in [0.3, 0.4) is 0 Å². The minimum absolute atomic E-state index is 0.223. The minimum atomic E-state index is -0.962. The third-order valence-corrected chi connectivity index (χ3v) is 4.15. The van der Waals surface area contributed by atoms with Gasteiger partial charge in [0.15, 0.2) is 0 Å². The van der Waals surface area contributed by atoms with Gasteiger partial charge in [0.05, 0.1) is 5.56 Å². The Balaban J connectivity index is 1.81. The van der Waals surface area contributed by atoms with Gasteiger partial charge < -0.3 is 10.4 Å². The maximum Gasteiger partial charge on any atom is 0.337 e. The summed E-state index contributed by atoms with van der Waals surface area (Å²) in [5.74, 6) is -0.962. The Labute approximate surface area is 128 Å². The van der Waals surface area contributed by atoms with Crippen molar-refractivity contribution >= 4 is 23.3 Å². The molecule has 0 fully saturated rings. The van der Waals surface area contributed by atoms with Gasteiger partial charge >= 0.3 is 5.97 Å². The highest BCUT2D eigenvalue weighted by atomic mass is 35.5. The Kier molecular flexibility index (Phi) is 3.84. The molecule has 2 N–H and O–H groups in total. The second-order valence-corrected chi connectivity index (χ2v) is 5.78. The molecule has 1 atom stereocenters. The topological polar surface area (TPSA) is 49.3 Å². The van der Waals surface area contributed by atoms with E-state index in [9.17, 15) is 9.90 Å². The Morgan fingerprint density at radius 3 is 2.71 bits per heavy atom. The molecule has 1 aliphatic carbocycles. The monoisotopic (exact) mass is 301 g/mol. The Hall–Kier alpha value is -2.00. The highest BCUT2D eigenvalue weighted by Crippen LogP contribution is 2.26. The average molecular weight is 302 g/mol. The van der Waals surface area contributed by atoms with Crippen molar-refractivity contribution in [1.82, 2.24) is 0 Å². The van der Waals surface area contributed by atoms with Crippen molar-refractivity contribution in [2.45, 2.75) is 25.3 Å². The van der Waals surface area contributed by atoms with Gasteiger partial charge in [-0.1, -0.05) is 35.9 Å². The highest BCUT2D eigenvalue weighted by Gasteiger charge is 2.20. The summed E-state index contributed by atoms with van der Waals surface area (Å²) in [6, 6.07) is 13.6. The molecule has 2 aromatic carbocycles. The normalized spacial score (nSPS) is 17.1. The number of hydrogen-bond acceptors (Lipinski definition) is 2. The molecule has 0 radical (unpaired) electrons. The van der Waals surface area contributed by atoms with E-state index in [1.165, 1.54) is 17.2 Å². The van der Waals surface area contributed by atoms with Crippen molar-refractivity contribution in [3.05, 3.63) is 64.2 Å². The third kappa shape index (κ3) is 3.03. The summed E-state index contributed by atoms with van der Waals surface area (Å²) in [4.78, 5) is 11.3. The fraction of sp³-hybridized carbons (Fsp3) is 0.235. The van der Waals surface area contributed by atoms with Crippen molar-refractivity contribution in [3.63, 3.8) is 0 Å². The molecular weight excluding hydrogens is 286 g/mol. The molecule has 0 amide bonds. The van der Waals surface area contributed by atoms with Gasteiger partial charge in [-0.3, -0.25) is 0 Å². The van der Waals surface area contributed by atoms with E-state index < -0.39 is 5.97 Å². The van der Waals surface area contributed by atoms with Crippen LogP contribution in [0.4, 0.5) is 5.69 Å². The summed E-state index contributed by atoms with van der Waals surface area (Å²) in [6.07, 6.45) is 2.93. The maximum absolute atomic E-state index is 11.3. The molecule has 2 aromatic rings. The van der Waals surface area contributed by atoms with Crippen molar-refractivity contribution in [3.8, 4) is 0 Å². The van der Waals surface area contributed by atoms with Crippen LogP contribution in [0.5, 0.6) is 0 Å². The standard InChI is InChI=1S/C17H16ClNO2/c18-13-6-8-16(15(10-13)17(20)21)19-14-7-5-11-3-1-2-4-12(11)9-14/h1-4,6,8,10,14,19H,5,7,9H2,(H,20,21). The van der Waals surface area contributed by atoms with Crippen molar-refractivity contribution in [1.29, 1.82) is 0 Å². The molecule has 1 unspecified atom stereocenters. The lowest BCUT2D eigenvalue weighted by Gasteiger charge is -2.27. The maximum atomic E-state index is 11.3. The zero-order chi connectivity index (χ0) is 14.8. The van der Waals surface area contributed by atoms with Gasteiger partial charge in [0, 0.05) is 16.8 Å². The molecule has 0 heterocycles. The van der Waals surface area contributed by atoms with E-state index in [1.807, 2.05) is 6.07 Å². The van der Waals surface area contributed by atoms with Crippen LogP contribution in [0, 0.1) is 0 Å². The van der Waals surface area contributed by atoms with Crippen LogP contribution in [0.15, 0.2) is 42.5 Å². The number of nitrogens with one attached hydrogen (secondary N) is 1. The van der Waals surface area contributed by atoms with Gasteiger partial charge in [-0.05, 0) is 48.6 Å². The summed E-state index contributed by atoms with van der Waals surface area (Å²) in [5, 5.41) is 13.1. The van der Waals surface area contributed by atoms with E-state index in [2.05, 4.69) is 23.5 Å². The minimum Gasteiger partial charge on any atom is -0.478 e. The van der Waals surface area contributed by atoms with Gasteiger partial charge in [0.25, 0.3) is 0 Å². The summed E-state index contributed by atoms with van der Waals surface area (Å²) < 4.78 is 0. The van der Waals surface area contributed by atoms with E-state index in [1.54, 1.807) is 12.1 Å². The molecule has 1 aliphatic rings. The molecule has 0 saturated carbocycles. The number of carbonyl (C=O) groups is 1. The van der Waals surface area contributed by atoms with Gasteiger partial charge in [0.1, 0.15) is 0 Å². The zero-order valence-corrected chi connectivity index (χ0v) is 12.2. The second kappa shape index (κ2) is 5.78. The molecule has 3 rings (SSSR count). The molecule has 0 bridgehead atoms. The van der Waals surface area contributed by atoms with E-state index in [-0.39, 0.29) is 11.6 Å². The largest absolute Gasteiger partial charge is 0.478 e. The number of rotatable bonds is 3. The lowest BCUT2D eigenvalue weighted by atomic mass is 9.88. The fourth-order valence-corrected chi connectivity index (χ4v) is 3.03. The molecule has 0 aromatic heterocycles. The number of fused-ring (bicyclic) bond motifs is 1. The number of carboxylic acid groups (broad SMARTS) is 1. The molecule has 0 aliphatic heterocycles. The lowest BCUT2D eigenvalue weighted by Crippen LogP contribution is -2.28. The van der Waals surface area contributed by atoms with Crippen LogP contribution in [-0.2, 0) is 12.8 Å². The van der Waals surface area contributed by atoms with Crippen LogP contribution >= 0.6 is 11.6 Å². The second-order valence-electron chi connectivity index (χ2n) is 5.35. The van der Waals surface area contributed by atoms with Crippen molar-refractivity contribution < 1.29 is 9.90 Å². The predicted molar refractivity (Wildman–Crippen MR) is 84.3 cm³/mol. The quantitative estimate of drug-likeness (QED) is 0.900. The summed E-state index contributed by atoms with van der Waals surface area (Å²) >= 11 is 5.88. The Morgan fingerprint density at radius 2 is 1.95 bits per heavy atom. The van der Waals surface area contributed by atoms with E-state index in [0.29, 0.717) is 10.7 Å². The first-order chi connectivity index (χ1) is 10.1. The summed E-state index contributed by atoms with van der Waals surface area (Å²) in [5.41, 5.74) is 3.59. The molecule has 108 valence electrons. The fourth-order valence-electron chi connectivity index (χ4n) is 2.86. The van der Waals surface area contributed by atoms with Crippen LogP contribution in [0.1, 0.15) is 27.9 Å². The first kappa shape index (κ1) is 14.0. The number of carboxylic acids is 1. The molecular formula is C17H16ClNO2. The molecule has 21 heavy (non-hydrogen) atoms. The number of hydrogen-bond donors (Lipinski definition) is 2. The smallest absolute Gasteiger partial charge is 0.337 e. The molecule has 0 spiro atoms. The molecule has 4 heteroatoms. The average Bonchev–Trinajstić information content (AvgIpc) is 2.49. The van der Waals surface area contributed by atoms with E-state index in [0.717, 1.165) is 19.3 Å². The van der Waals surface area contributed by atoms with E-state index >= 15 is 0 Å². The van der Waals surface area contributed by atoms with Gasteiger partial charge in [-0.15, -0.1) is 0 Å². The SMILES string of the molecule is O=C(O)c1cc(Cl)ccc1NC1CCc2ccccc2C1. The van der Waals surface area contributed by atoms with Crippen molar-refractivity contribution in [2.24, 2.45) is 0 Å². The van der Waals surface area contributed by atoms with Gasteiger partial charge in [-0.2, -0.15) is 0 Å². The van der Waals surface area contributed by atoms with Gasteiger partial charge in [-0.25, -0.2) is 4.79 Å². The number of halogens is 1. The predicted octanol–water partition coefficient (Wildman–Crippen LogP) is 4.01. The summed E-state index contributed by atoms with van der Waals surface area (Å²) in [6.45, 7) is 0. The lowest BCUT2D eigenvalue weighted by molar-refractivity contribution is 0.0698. The summed E-state index contributed by atoms with van der Waals surface area (Å²) in [7, 11) is 0. The van der Waals surface area contributed by atoms with Crippen LogP contribution < -0.4 is 5.32 Å². The number of aryl methyl sites for hydroxylation is 1. The Morgan fingerprint density at radius 1 is 1.19 bits per heavy atom. The van der Waals surface area contributed by atoms with Gasteiger partial charge in [0.2, 0.25) is 0 Å². The third-order valence-electron chi connectivity index (χ3n) is 3.92. The Bertz CT molecular complexity index is 684. The van der Waals surface area contributed by atoms with Crippen LogP contribution in [0.2, 0.25) is 5.02 Å². The first-order valence-corrected chi connectivity index (χ1v) is 7.37. The van der Waals surface area contributed by atoms with Crippen LogP contribution in [0.25, 0.3) is 0 Å². The van der Waals surface area contributed by atoms with Crippen LogP contribution in [-0.4, -0.2) is 17.1 Å². The first-order valence-electron chi connectivity index (χ1n) is 6.99. The number of aromatic carboxylic acids is 1. The van der Waals surface area contributed by atoms with E-state index in [4.69, 9.17) is 11.6 Å². The highest BCUT2D eigenvalue weighted by molar-refractivity contribution is 6.31. The van der Waals surface area contributed by atoms with Crippen molar-refractivity contribution in [2.75, 3.05) is 5.32 Å². The number of benzene rings is 2. The molecule has 0 saturated heterocycles. The molecule has 3 nitrogen and oxygen atoms in total.